The van der Waals surface area contributed by atoms with E-state index < -0.39 is 0 Å². The molecule has 5 aliphatic rings. The fourth-order valence-electron chi connectivity index (χ4n) is 8.82. The van der Waals surface area contributed by atoms with Crippen LogP contribution in [0.3, 0.4) is 0 Å². The molecule has 1 aliphatic carbocycles. The van der Waals surface area contributed by atoms with Crippen LogP contribution >= 0.6 is 0 Å². The SMILES string of the molecule is C[C@@H]1c2c([nH]c3nnc(-c4ccccc4O)cc23)CCN1C1CCN(C2CCN(C3CC4(CNC4)C3)CC2)CC1. The molecule has 1 atom stereocenters. The summed E-state index contributed by atoms with van der Waals surface area (Å²) in [6.45, 7) is 11.1. The number of fused-ring (bicyclic) bond motifs is 3. The monoisotopic (exact) mass is 541 g/mol. The Morgan fingerprint density at radius 1 is 0.875 bits per heavy atom. The molecule has 8 heteroatoms. The molecule has 40 heavy (non-hydrogen) atoms. The van der Waals surface area contributed by atoms with Crippen LogP contribution in [-0.2, 0) is 6.42 Å². The molecule has 8 rings (SSSR count). The second kappa shape index (κ2) is 9.79. The topological polar surface area (TPSA) is 83.5 Å². The van der Waals surface area contributed by atoms with Crippen molar-refractivity contribution in [3.05, 3.63) is 41.6 Å². The number of piperidine rings is 2. The van der Waals surface area contributed by atoms with Gasteiger partial charge in [0, 0.05) is 66.9 Å². The Bertz CT molecular complexity index is 1380. The molecule has 3 aromatic rings. The van der Waals surface area contributed by atoms with Crippen LogP contribution in [0.2, 0.25) is 0 Å². The van der Waals surface area contributed by atoms with Crippen LogP contribution < -0.4 is 5.32 Å². The second-order valence-electron chi connectivity index (χ2n) is 13.4. The highest BCUT2D eigenvalue weighted by molar-refractivity contribution is 5.86. The van der Waals surface area contributed by atoms with Crippen molar-refractivity contribution >= 4 is 11.0 Å². The maximum atomic E-state index is 10.4. The molecule has 3 saturated heterocycles. The smallest absolute Gasteiger partial charge is 0.160 e. The number of hydrogen-bond acceptors (Lipinski definition) is 7. The molecular weight excluding hydrogens is 498 g/mol. The van der Waals surface area contributed by atoms with Crippen LogP contribution in [0.15, 0.2) is 30.3 Å². The molecule has 0 amide bonds. The molecular formula is C32H43N7O. The highest BCUT2D eigenvalue weighted by Crippen LogP contribution is 2.47. The lowest BCUT2D eigenvalue weighted by Gasteiger charge is -2.58. The van der Waals surface area contributed by atoms with Crippen LogP contribution in [0.25, 0.3) is 22.3 Å². The first-order valence-electron chi connectivity index (χ1n) is 15.7. The molecule has 4 aliphatic heterocycles. The van der Waals surface area contributed by atoms with Crippen molar-refractivity contribution < 1.29 is 5.11 Å². The minimum atomic E-state index is 0.246. The van der Waals surface area contributed by atoms with Crippen LogP contribution in [0.5, 0.6) is 5.75 Å². The highest BCUT2D eigenvalue weighted by atomic mass is 16.3. The third kappa shape index (κ3) is 4.18. The molecule has 0 radical (unpaired) electrons. The predicted octanol–water partition coefficient (Wildman–Crippen LogP) is 3.93. The van der Waals surface area contributed by atoms with Gasteiger partial charge in [-0.3, -0.25) is 4.90 Å². The van der Waals surface area contributed by atoms with Gasteiger partial charge in [-0.15, -0.1) is 10.2 Å². The molecule has 3 N–H and O–H groups in total. The zero-order chi connectivity index (χ0) is 26.8. The molecule has 0 unspecified atom stereocenters. The summed E-state index contributed by atoms with van der Waals surface area (Å²) in [6.07, 6.45) is 9.14. The lowest BCUT2D eigenvalue weighted by molar-refractivity contribution is -0.0521. The van der Waals surface area contributed by atoms with E-state index in [0.717, 1.165) is 47.3 Å². The summed E-state index contributed by atoms with van der Waals surface area (Å²) < 4.78 is 0. The average Bonchev–Trinajstić information content (AvgIpc) is 3.31. The van der Waals surface area contributed by atoms with E-state index in [0.29, 0.717) is 17.5 Å². The number of benzene rings is 1. The van der Waals surface area contributed by atoms with Crippen molar-refractivity contribution in [1.82, 2.24) is 35.2 Å². The molecule has 1 aromatic carbocycles. The molecule has 212 valence electrons. The van der Waals surface area contributed by atoms with Crippen LogP contribution in [-0.4, -0.2) is 98.9 Å². The van der Waals surface area contributed by atoms with E-state index in [1.54, 1.807) is 6.07 Å². The molecule has 4 fully saturated rings. The largest absolute Gasteiger partial charge is 0.507 e. The van der Waals surface area contributed by atoms with Crippen molar-refractivity contribution in [2.75, 3.05) is 45.8 Å². The number of nitrogens with one attached hydrogen (secondary N) is 2. The van der Waals surface area contributed by atoms with Gasteiger partial charge in [0.15, 0.2) is 5.65 Å². The minimum absolute atomic E-state index is 0.246. The standard InChI is InChI=1S/C32H43N7O/c1-21-30-26-16-28(25-4-2-3-5-29(25)40)35-36-31(26)34-27(30)10-15-39(21)23-8-13-37(14-9-23)22-6-11-38(12-7-22)24-17-32(18-24)19-33-20-32/h2-5,16,21-24,33,40H,6-15,17-20H2,1H3,(H,34,36)/t21-/m1/s1. The van der Waals surface area contributed by atoms with Gasteiger partial charge in [0.25, 0.3) is 0 Å². The van der Waals surface area contributed by atoms with Crippen molar-refractivity contribution in [1.29, 1.82) is 0 Å². The fourth-order valence-corrected chi connectivity index (χ4v) is 8.82. The van der Waals surface area contributed by atoms with E-state index in [4.69, 9.17) is 0 Å². The predicted molar refractivity (Wildman–Crippen MR) is 157 cm³/mol. The van der Waals surface area contributed by atoms with Crippen LogP contribution in [0, 0.1) is 5.41 Å². The quantitative estimate of drug-likeness (QED) is 0.462. The number of phenolic OH excluding ortho intramolecular Hbond substituents is 1. The van der Waals surface area contributed by atoms with E-state index in [1.807, 2.05) is 18.2 Å². The summed E-state index contributed by atoms with van der Waals surface area (Å²) >= 11 is 0. The number of H-pyrrole nitrogens is 1. The van der Waals surface area contributed by atoms with Gasteiger partial charge < -0.3 is 25.2 Å². The zero-order valence-corrected chi connectivity index (χ0v) is 23.8. The van der Waals surface area contributed by atoms with E-state index in [2.05, 4.69) is 48.2 Å². The molecule has 8 nitrogen and oxygen atoms in total. The van der Waals surface area contributed by atoms with Gasteiger partial charge in [-0.1, -0.05) is 12.1 Å². The number of rotatable bonds is 4. The number of para-hydroxylation sites is 1. The Morgan fingerprint density at radius 3 is 2.27 bits per heavy atom. The normalized spacial score (nSPS) is 27.1. The number of aromatic nitrogens is 3. The number of nitrogens with zero attached hydrogens (tertiary/aromatic N) is 5. The van der Waals surface area contributed by atoms with E-state index in [9.17, 15) is 5.11 Å². The van der Waals surface area contributed by atoms with Crippen LogP contribution in [0.1, 0.15) is 62.7 Å². The lowest BCUT2D eigenvalue weighted by Crippen LogP contribution is -2.66. The number of hydrogen-bond donors (Lipinski definition) is 3. The maximum Gasteiger partial charge on any atom is 0.160 e. The minimum Gasteiger partial charge on any atom is -0.507 e. The summed E-state index contributed by atoms with van der Waals surface area (Å²) in [7, 11) is 0. The number of aromatic hydroxyl groups is 1. The van der Waals surface area contributed by atoms with Gasteiger partial charge in [0.1, 0.15) is 5.75 Å². The average molecular weight is 542 g/mol. The third-order valence-electron chi connectivity index (χ3n) is 11.2. The Morgan fingerprint density at radius 2 is 1.57 bits per heavy atom. The Hall–Kier alpha value is -2.52. The lowest BCUT2D eigenvalue weighted by atomic mass is 9.61. The van der Waals surface area contributed by atoms with Gasteiger partial charge in [0.05, 0.1) is 5.69 Å². The van der Waals surface area contributed by atoms with Gasteiger partial charge >= 0.3 is 0 Å². The molecule has 2 aromatic heterocycles. The summed E-state index contributed by atoms with van der Waals surface area (Å²) in [4.78, 5) is 12.0. The number of likely N-dealkylation sites (tertiary alicyclic amines) is 2. The molecule has 1 saturated carbocycles. The van der Waals surface area contributed by atoms with Crippen molar-refractivity contribution in [3.8, 4) is 17.0 Å². The first kappa shape index (κ1) is 25.2. The van der Waals surface area contributed by atoms with Crippen molar-refractivity contribution in [2.45, 2.75) is 76.0 Å². The first-order valence-corrected chi connectivity index (χ1v) is 15.7. The van der Waals surface area contributed by atoms with Gasteiger partial charge in [-0.2, -0.15) is 0 Å². The first-order chi connectivity index (χ1) is 19.6. The Balaban J connectivity index is 0.910. The highest BCUT2D eigenvalue weighted by Gasteiger charge is 2.50. The second-order valence-corrected chi connectivity index (χ2v) is 13.4. The van der Waals surface area contributed by atoms with E-state index in [-0.39, 0.29) is 5.75 Å². The third-order valence-corrected chi connectivity index (χ3v) is 11.2. The zero-order valence-electron chi connectivity index (χ0n) is 23.8. The fraction of sp³-hybridized carbons (Fsp3) is 0.625. The van der Waals surface area contributed by atoms with E-state index in [1.165, 1.54) is 89.1 Å². The Labute approximate surface area is 237 Å². The van der Waals surface area contributed by atoms with Crippen molar-refractivity contribution in [3.63, 3.8) is 0 Å². The van der Waals surface area contributed by atoms with Gasteiger partial charge in [0.2, 0.25) is 0 Å². The van der Waals surface area contributed by atoms with Crippen molar-refractivity contribution in [2.24, 2.45) is 5.41 Å². The summed E-state index contributed by atoms with van der Waals surface area (Å²) in [5.41, 5.74) is 5.69. The summed E-state index contributed by atoms with van der Waals surface area (Å²) in [5, 5.41) is 24.0. The molecule has 0 bridgehead atoms. The molecule has 1 spiro atoms. The Kier molecular flexibility index (Phi) is 6.17. The number of aromatic amines is 1. The van der Waals surface area contributed by atoms with Crippen LogP contribution in [0.4, 0.5) is 0 Å². The van der Waals surface area contributed by atoms with E-state index >= 15 is 0 Å². The molecule has 6 heterocycles. The van der Waals surface area contributed by atoms with Gasteiger partial charge in [-0.05, 0) is 101 Å². The number of phenols is 1. The van der Waals surface area contributed by atoms with Gasteiger partial charge in [-0.25, -0.2) is 0 Å². The summed E-state index contributed by atoms with van der Waals surface area (Å²) in [5.74, 6) is 0.246. The maximum absolute atomic E-state index is 10.4. The summed E-state index contributed by atoms with van der Waals surface area (Å²) in [6, 6.07) is 12.1.